The minimum Gasteiger partial charge on any atom is -0.319 e. The van der Waals surface area contributed by atoms with Crippen LogP contribution in [0.15, 0.2) is 23.1 Å². The Hall–Kier alpha value is -2.31. The molecule has 0 atom stereocenters. The highest BCUT2D eigenvalue weighted by Gasteiger charge is 2.17. The van der Waals surface area contributed by atoms with E-state index in [-0.39, 0.29) is 11.6 Å². The number of nitrogens with zero attached hydrogens (tertiary/aromatic N) is 4. The second-order valence-electron chi connectivity index (χ2n) is 3.39. The summed E-state index contributed by atoms with van der Waals surface area (Å²) in [6, 6.07) is 1.64. The molecule has 7 heteroatoms. The van der Waals surface area contributed by atoms with Gasteiger partial charge in [-0.1, -0.05) is 18.5 Å². The highest BCUT2D eigenvalue weighted by atomic mass is 16.6. The zero-order valence-electron chi connectivity index (χ0n) is 9.25. The van der Waals surface area contributed by atoms with Gasteiger partial charge in [-0.3, -0.25) is 4.79 Å². The standard InChI is InChI=1S/C10H11N5O2/c1-2-3-8-9(15-17-14-8)10(16)13-7-4-5-11-12-6-7/h4-6H,2-3H2,1H3,(H,11,13,16). The van der Waals surface area contributed by atoms with E-state index in [0.29, 0.717) is 17.8 Å². The van der Waals surface area contributed by atoms with Gasteiger partial charge in [-0.25, -0.2) is 4.63 Å². The number of aryl methyl sites for hydroxylation is 1. The number of nitrogens with one attached hydrogen (secondary N) is 1. The van der Waals surface area contributed by atoms with Gasteiger partial charge in [0.05, 0.1) is 18.1 Å². The van der Waals surface area contributed by atoms with E-state index >= 15 is 0 Å². The van der Waals surface area contributed by atoms with E-state index in [1.54, 1.807) is 6.07 Å². The molecule has 2 aromatic heterocycles. The predicted molar refractivity (Wildman–Crippen MR) is 58.3 cm³/mol. The summed E-state index contributed by atoms with van der Waals surface area (Å²) < 4.78 is 4.57. The van der Waals surface area contributed by atoms with Crippen LogP contribution in [0.2, 0.25) is 0 Å². The van der Waals surface area contributed by atoms with E-state index in [0.717, 1.165) is 6.42 Å². The number of anilines is 1. The Morgan fingerprint density at radius 2 is 2.29 bits per heavy atom. The average Bonchev–Trinajstić information content (AvgIpc) is 2.79. The van der Waals surface area contributed by atoms with Gasteiger partial charge in [-0.15, -0.1) is 0 Å². The van der Waals surface area contributed by atoms with Gasteiger partial charge in [0.25, 0.3) is 5.91 Å². The fraction of sp³-hybridized carbons (Fsp3) is 0.300. The van der Waals surface area contributed by atoms with Crippen LogP contribution in [0.4, 0.5) is 5.69 Å². The van der Waals surface area contributed by atoms with Crippen LogP contribution in [0.5, 0.6) is 0 Å². The molecule has 2 aromatic rings. The Bertz CT molecular complexity index is 496. The van der Waals surface area contributed by atoms with Crippen molar-refractivity contribution in [1.29, 1.82) is 0 Å². The summed E-state index contributed by atoms with van der Waals surface area (Å²) in [4.78, 5) is 11.8. The number of carbonyl (C=O) groups is 1. The monoisotopic (exact) mass is 233 g/mol. The van der Waals surface area contributed by atoms with Crippen LogP contribution < -0.4 is 5.32 Å². The predicted octanol–water partition coefficient (Wildman–Crippen LogP) is 1.06. The van der Waals surface area contributed by atoms with Crippen LogP contribution in [-0.2, 0) is 6.42 Å². The molecule has 1 N–H and O–H groups in total. The number of aromatic nitrogens is 4. The number of hydrogen-bond donors (Lipinski definition) is 1. The lowest BCUT2D eigenvalue weighted by atomic mass is 10.2. The third kappa shape index (κ3) is 2.63. The maximum absolute atomic E-state index is 11.8. The lowest BCUT2D eigenvalue weighted by Crippen LogP contribution is -2.14. The molecule has 88 valence electrons. The Labute approximate surface area is 97.2 Å². The Morgan fingerprint density at radius 3 is 3.00 bits per heavy atom. The first-order valence-electron chi connectivity index (χ1n) is 5.20. The molecule has 0 spiro atoms. The van der Waals surface area contributed by atoms with Crippen molar-refractivity contribution in [2.45, 2.75) is 19.8 Å². The SMILES string of the molecule is CCCc1nonc1C(=O)Nc1ccnnc1. The molecule has 0 radical (unpaired) electrons. The maximum atomic E-state index is 11.8. The van der Waals surface area contributed by atoms with Gasteiger partial charge in [-0.05, 0) is 17.6 Å². The summed E-state index contributed by atoms with van der Waals surface area (Å²) in [5, 5.41) is 17.2. The largest absolute Gasteiger partial charge is 0.319 e. The summed E-state index contributed by atoms with van der Waals surface area (Å²) in [7, 11) is 0. The van der Waals surface area contributed by atoms with E-state index < -0.39 is 0 Å². The van der Waals surface area contributed by atoms with Crippen LogP contribution in [-0.4, -0.2) is 26.4 Å². The summed E-state index contributed by atoms with van der Waals surface area (Å²) >= 11 is 0. The topological polar surface area (TPSA) is 93.8 Å². The summed E-state index contributed by atoms with van der Waals surface area (Å²) in [5.41, 5.74) is 1.33. The van der Waals surface area contributed by atoms with Crippen molar-refractivity contribution in [3.63, 3.8) is 0 Å². The Balaban J connectivity index is 2.12. The molecule has 0 aliphatic rings. The minimum absolute atomic E-state index is 0.212. The highest BCUT2D eigenvalue weighted by Crippen LogP contribution is 2.09. The van der Waals surface area contributed by atoms with Crippen molar-refractivity contribution in [2.24, 2.45) is 0 Å². The molecule has 0 fully saturated rings. The second-order valence-corrected chi connectivity index (χ2v) is 3.39. The normalized spacial score (nSPS) is 10.2. The van der Waals surface area contributed by atoms with Crippen molar-refractivity contribution in [3.8, 4) is 0 Å². The first-order valence-corrected chi connectivity index (χ1v) is 5.20. The van der Waals surface area contributed by atoms with Crippen molar-refractivity contribution < 1.29 is 9.42 Å². The van der Waals surface area contributed by atoms with Crippen LogP contribution in [0, 0.1) is 0 Å². The van der Waals surface area contributed by atoms with Gasteiger partial charge < -0.3 is 5.32 Å². The molecule has 2 heterocycles. The molecule has 0 unspecified atom stereocenters. The molecule has 0 bridgehead atoms. The van der Waals surface area contributed by atoms with Crippen molar-refractivity contribution in [1.82, 2.24) is 20.5 Å². The summed E-state index contributed by atoms with van der Waals surface area (Å²) in [6.07, 6.45) is 4.46. The smallest absolute Gasteiger partial charge is 0.279 e. The minimum atomic E-state index is -0.359. The molecular weight excluding hydrogens is 222 g/mol. The summed E-state index contributed by atoms with van der Waals surface area (Å²) in [5.74, 6) is -0.359. The quantitative estimate of drug-likeness (QED) is 0.848. The third-order valence-corrected chi connectivity index (χ3v) is 2.10. The lowest BCUT2D eigenvalue weighted by molar-refractivity contribution is 0.101. The molecule has 0 saturated carbocycles. The molecule has 0 aromatic carbocycles. The molecule has 0 aliphatic carbocycles. The van der Waals surface area contributed by atoms with E-state index in [9.17, 15) is 4.79 Å². The zero-order valence-corrected chi connectivity index (χ0v) is 9.25. The number of amides is 1. The van der Waals surface area contributed by atoms with Gasteiger partial charge in [0.1, 0.15) is 5.69 Å². The molecule has 17 heavy (non-hydrogen) atoms. The maximum Gasteiger partial charge on any atom is 0.279 e. The van der Waals surface area contributed by atoms with Crippen molar-refractivity contribution in [3.05, 3.63) is 29.8 Å². The van der Waals surface area contributed by atoms with Gasteiger partial charge in [-0.2, -0.15) is 10.2 Å². The van der Waals surface area contributed by atoms with Crippen LogP contribution >= 0.6 is 0 Å². The molecule has 1 amide bonds. The van der Waals surface area contributed by atoms with Crippen molar-refractivity contribution in [2.75, 3.05) is 5.32 Å². The van der Waals surface area contributed by atoms with Crippen LogP contribution in [0.25, 0.3) is 0 Å². The average molecular weight is 233 g/mol. The Kier molecular flexibility index (Phi) is 3.39. The van der Waals surface area contributed by atoms with Gasteiger partial charge in [0.2, 0.25) is 0 Å². The van der Waals surface area contributed by atoms with E-state index in [1.807, 2.05) is 6.92 Å². The second kappa shape index (κ2) is 5.15. The van der Waals surface area contributed by atoms with Gasteiger partial charge in [0, 0.05) is 0 Å². The van der Waals surface area contributed by atoms with E-state index in [1.165, 1.54) is 12.4 Å². The molecule has 2 rings (SSSR count). The Morgan fingerprint density at radius 1 is 1.41 bits per heavy atom. The molecular formula is C10H11N5O2. The fourth-order valence-electron chi connectivity index (χ4n) is 1.33. The molecule has 7 nitrogen and oxygen atoms in total. The summed E-state index contributed by atoms with van der Waals surface area (Å²) in [6.45, 7) is 1.99. The highest BCUT2D eigenvalue weighted by molar-refractivity contribution is 6.03. The number of hydrogen-bond acceptors (Lipinski definition) is 6. The first-order chi connectivity index (χ1) is 8.31. The van der Waals surface area contributed by atoms with Gasteiger partial charge in [0.15, 0.2) is 5.69 Å². The molecule has 0 saturated heterocycles. The van der Waals surface area contributed by atoms with Crippen LogP contribution in [0.1, 0.15) is 29.5 Å². The molecule has 0 aliphatic heterocycles. The fourth-order valence-corrected chi connectivity index (χ4v) is 1.33. The lowest BCUT2D eigenvalue weighted by Gasteiger charge is -2.01. The van der Waals surface area contributed by atoms with E-state index in [2.05, 4.69) is 30.5 Å². The number of rotatable bonds is 4. The first kappa shape index (κ1) is 11.2. The van der Waals surface area contributed by atoms with Crippen molar-refractivity contribution >= 4 is 11.6 Å². The number of carbonyl (C=O) groups excluding carboxylic acids is 1. The van der Waals surface area contributed by atoms with Gasteiger partial charge >= 0.3 is 0 Å². The van der Waals surface area contributed by atoms with E-state index in [4.69, 9.17) is 0 Å². The van der Waals surface area contributed by atoms with Crippen LogP contribution in [0.3, 0.4) is 0 Å². The zero-order chi connectivity index (χ0) is 12.1. The third-order valence-electron chi connectivity index (χ3n) is 2.10.